The smallest absolute Gasteiger partial charge is 0.318 e. The number of esters is 1. The first-order valence-electron chi connectivity index (χ1n) is 12.6. The molecule has 2 aromatic carbocycles. The molecule has 7 heteroatoms. The fourth-order valence-corrected chi connectivity index (χ4v) is 5.65. The molecule has 1 aromatic heterocycles. The summed E-state index contributed by atoms with van der Waals surface area (Å²) in [7, 11) is 0. The SMILES string of the molecule is CCOC(=O)C1CCC(CNC(=O)N2CCc3c([nH]c4ccccc34)[C@H]2c2ccc(F)cc2)CC1. The van der Waals surface area contributed by atoms with Gasteiger partial charge in [-0.3, -0.25) is 4.79 Å². The number of urea groups is 1. The molecule has 0 saturated heterocycles. The van der Waals surface area contributed by atoms with Gasteiger partial charge in [-0.15, -0.1) is 0 Å². The Morgan fingerprint density at radius 1 is 1.09 bits per heavy atom. The Bertz CT molecular complexity index is 1200. The average molecular weight is 478 g/mol. The molecular weight excluding hydrogens is 445 g/mol. The zero-order valence-corrected chi connectivity index (χ0v) is 20.1. The Kier molecular flexibility index (Phi) is 6.75. The zero-order chi connectivity index (χ0) is 24.4. The molecule has 1 saturated carbocycles. The van der Waals surface area contributed by atoms with E-state index in [0.29, 0.717) is 25.6 Å². The summed E-state index contributed by atoms with van der Waals surface area (Å²) in [5.74, 6) is -0.0648. The Labute approximate surface area is 204 Å². The molecule has 0 spiro atoms. The molecule has 6 nitrogen and oxygen atoms in total. The summed E-state index contributed by atoms with van der Waals surface area (Å²) in [6.45, 7) is 3.41. The number of carbonyl (C=O) groups excluding carboxylic acids is 2. The summed E-state index contributed by atoms with van der Waals surface area (Å²) in [5.41, 5.74) is 4.14. The number of hydrogen-bond acceptors (Lipinski definition) is 3. The number of para-hydroxylation sites is 1. The van der Waals surface area contributed by atoms with Crippen molar-refractivity contribution in [1.82, 2.24) is 15.2 Å². The number of aromatic amines is 1. The molecule has 2 aliphatic rings. The lowest BCUT2D eigenvalue weighted by Gasteiger charge is -2.37. The number of benzene rings is 2. The lowest BCUT2D eigenvalue weighted by molar-refractivity contribution is -0.149. The fraction of sp³-hybridized carbons (Fsp3) is 0.429. The van der Waals surface area contributed by atoms with Crippen molar-refractivity contribution < 1.29 is 18.7 Å². The second-order valence-electron chi connectivity index (χ2n) is 9.62. The molecule has 2 heterocycles. The van der Waals surface area contributed by atoms with Gasteiger partial charge in [-0.1, -0.05) is 30.3 Å². The molecule has 184 valence electrons. The largest absolute Gasteiger partial charge is 0.466 e. The van der Waals surface area contributed by atoms with Crippen LogP contribution in [-0.2, 0) is 16.0 Å². The highest BCUT2D eigenvalue weighted by molar-refractivity contribution is 5.86. The van der Waals surface area contributed by atoms with Crippen molar-refractivity contribution in [1.29, 1.82) is 0 Å². The van der Waals surface area contributed by atoms with Crippen molar-refractivity contribution in [3.8, 4) is 0 Å². The Morgan fingerprint density at radius 2 is 1.83 bits per heavy atom. The highest BCUT2D eigenvalue weighted by atomic mass is 19.1. The molecular formula is C28H32FN3O3. The fourth-order valence-electron chi connectivity index (χ4n) is 5.65. The van der Waals surface area contributed by atoms with E-state index in [0.717, 1.165) is 48.9 Å². The van der Waals surface area contributed by atoms with Crippen LogP contribution in [0.15, 0.2) is 48.5 Å². The van der Waals surface area contributed by atoms with Crippen molar-refractivity contribution in [2.45, 2.75) is 45.1 Å². The minimum Gasteiger partial charge on any atom is -0.466 e. The van der Waals surface area contributed by atoms with E-state index in [1.807, 2.05) is 30.0 Å². The van der Waals surface area contributed by atoms with Gasteiger partial charge < -0.3 is 19.9 Å². The maximum Gasteiger partial charge on any atom is 0.318 e. The van der Waals surface area contributed by atoms with Gasteiger partial charge in [0, 0.05) is 29.7 Å². The number of amides is 2. The first-order chi connectivity index (χ1) is 17.0. The standard InChI is InChI=1S/C28H32FN3O3/c1-2-35-27(33)20-9-7-18(8-10-20)17-30-28(34)32-16-15-23-22-5-3-4-6-24(22)31-25(23)26(32)19-11-13-21(29)14-12-19/h3-6,11-14,18,20,26,31H,2,7-10,15-17H2,1H3,(H,30,34)/t18?,20?,26-/m1/s1. The number of aromatic nitrogens is 1. The van der Waals surface area contributed by atoms with E-state index in [9.17, 15) is 14.0 Å². The van der Waals surface area contributed by atoms with E-state index in [-0.39, 0.29) is 29.8 Å². The minimum absolute atomic E-state index is 0.0210. The summed E-state index contributed by atoms with van der Waals surface area (Å²) in [5, 5.41) is 4.32. The van der Waals surface area contributed by atoms with Crippen LogP contribution in [0.1, 0.15) is 55.5 Å². The third kappa shape index (κ3) is 4.77. The number of carbonyl (C=O) groups is 2. The molecule has 2 N–H and O–H groups in total. The second kappa shape index (κ2) is 10.1. The Morgan fingerprint density at radius 3 is 2.57 bits per heavy atom. The van der Waals surface area contributed by atoms with Gasteiger partial charge in [-0.05, 0) is 74.3 Å². The van der Waals surface area contributed by atoms with Gasteiger partial charge in [0.05, 0.1) is 18.6 Å². The predicted molar refractivity (Wildman–Crippen MR) is 132 cm³/mol. The summed E-state index contributed by atoms with van der Waals surface area (Å²) >= 11 is 0. The van der Waals surface area contributed by atoms with E-state index in [1.54, 1.807) is 12.1 Å². The average Bonchev–Trinajstić information content (AvgIpc) is 3.26. The van der Waals surface area contributed by atoms with Crippen molar-refractivity contribution in [2.24, 2.45) is 11.8 Å². The van der Waals surface area contributed by atoms with Gasteiger partial charge in [0.25, 0.3) is 0 Å². The number of hydrogen-bond donors (Lipinski definition) is 2. The van der Waals surface area contributed by atoms with Crippen LogP contribution in [0.5, 0.6) is 0 Å². The van der Waals surface area contributed by atoms with Crippen LogP contribution >= 0.6 is 0 Å². The van der Waals surface area contributed by atoms with E-state index in [2.05, 4.69) is 16.4 Å². The maximum atomic E-state index is 13.7. The molecule has 1 aliphatic carbocycles. The molecule has 1 aliphatic heterocycles. The molecule has 5 rings (SSSR count). The monoisotopic (exact) mass is 477 g/mol. The van der Waals surface area contributed by atoms with E-state index in [4.69, 9.17) is 4.74 Å². The molecule has 1 fully saturated rings. The van der Waals surface area contributed by atoms with Gasteiger partial charge >= 0.3 is 12.0 Å². The number of halogens is 1. The topological polar surface area (TPSA) is 74.4 Å². The van der Waals surface area contributed by atoms with Gasteiger partial charge in [0.2, 0.25) is 0 Å². The second-order valence-corrected chi connectivity index (χ2v) is 9.62. The van der Waals surface area contributed by atoms with Crippen LogP contribution in [0.4, 0.5) is 9.18 Å². The van der Waals surface area contributed by atoms with Gasteiger partial charge in [0.15, 0.2) is 0 Å². The first-order valence-corrected chi connectivity index (χ1v) is 12.6. The van der Waals surface area contributed by atoms with Crippen molar-refractivity contribution >= 4 is 22.9 Å². The summed E-state index contributed by atoms with van der Waals surface area (Å²) in [6, 6.07) is 14.2. The first kappa shape index (κ1) is 23.4. The summed E-state index contributed by atoms with van der Waals surface area (Å²) in [6.07, 6.45) is 4.17. The lowest BCUT2D eigenvalue weighted by atomic mass is 9.82. The number of ether oxygens (including phenoxy) is 1. The third-order valence-electron chi connectivity index (χ3n) is 7.49. The van der Waals surface area contributed by atoms with Crippen LogP contribution in [-0.4, -0.2) is 41.6 Å². The van der Waals surface area contributed by atoms with Crippen molar-refractivity contribution in [3.05, 3.63) is 71.2 Å². The van der Waals surface area contributed by atoms with Crippen LogP contribution in [0.3, 0.4) is 0 Å². The molecule has 1 atom stereocenters. The maximum absolute atomic E-state index is 13.7. The third-order valence-corrected chi connectivity index (χ3v) is 7.49. The van der Waals surface area contributed by atoms with E-state index in [1.165, 1.54) is 23.1 Å². The van der Waals surface area contributed by atoms with Gasteiger partial charge in [0.1, 0.15) is 5.82 Å². The quantitative estimate of drug-likeness (QED) is 0.488. The van der Waals surface area contributed by atoms with Crippen LogP contribution in [0.2, 0.25) is 0 Å². The molecule has 0 radical (unpaired) electrons. The summed E-state index contributed by atoms with van der Waals surface area (Å²) in [4.78, 5) is 30.8. The molecule has 0 unspecified atom stereocenters. The van der Waals surface area contributed by atoms with Gasteiger partial charge in [-0.2, -0.15) is 0 Å². The number of rotatable bonds is 5. The van der Waals surface area contributed by atoms with Crippen LogP contribution < -0.4 is 5.32 Å². The van der Waals surface area contributed by atoms with E-state index < -0.39 is 0 Å². The molecule has 3 aromatic rings. The van der Waals surface area contributed by atoms with Crippen LogP contribution in [0.25, 0.3) is 10.9 Å². The number of H-pyrrole nitrogens is 1. The number of nitrogens with zero attached hydrogens (tertiary/aromatic N) is 1. The molecule has 2 amide bonds. The lowest BCUT2D eigenvalue weighted by Crippen LogP contribution is -2.47. The van der Waals surface area contributed by atoms with E-state index >= 15 is 0 Å². The Hall–Kier alpha value is -3.35. The van der Waals surface area contributed by atoms with Gasteiger partial charge in [-0.25, -0.2) is 9.18 Å². The van der Waals surface area contributed by atoms with Crippen molar-refractivity contribution in [3.63, 3.8) is 0 Å². The number of fused-ring (bicyclic) bond motifs is 3. The Balaban J connectivity index is 1.31. The summed E-state index contributed by atoms with van der Waals surface area (Å²) < 4.78 is 18.9. The minimum atomic E-state index is -0.314. The normalized spacial score (nSPS) is 22.0. The van der Waals surface area contributed by atoms with Crippen LogP contribution in [0, 0.1) is 17.7 Å². The zero-order valence-electron chi connectivity index (χ0n) is 20.1. The van der Waals surface area contributed by atoms with Crippen molar-refractivity contribution in [2.75, 3.05) is 19.7 Å². The molecule has 35 heavy (non-hydrogen) atoms. The highest BCUT2D eigenvalue weighted by Crippen LogP contribution is 2.38. The molecule has 0 bridgehead atoms. The number of nitrogens with one attached hydrogen (secondary N) is 2. The highest BCUT2D eigenvalue weighted by Gasteiger charge is 2.35. The predicted octanol–water partition coefficient (Wildman–Crippen LogP) is 5.33.